The summed E-state index contributed by atoms with van der Waals surface area (Å²) in [5, 5.41) is 8.55. The van der Waals surface area contributed by atoms with Crippen LogP contribution in [-0.4, -0.2) is 0 Å². The lowest BCUT2D eigenvalue weighted by Gasteiger charge is -2.08. The molecule has 0 saturated heterocycles. The van der Waals surface area contributed by atoms with Gasteiger partial charge in [0.1, 0.15) is 6.07 Å². The number of nitrogens with zero attached hydrogens (tertiary/aromatic N) is 1. The maximum atomic E-state index is 8.47. The predicted octanol–water partition coefficient (Wildman–Crippen LogP) is 5.20. The zero-order chi connectivity index (χ0) is 12.3. The second-order valence-electron chi connectivity index (χ2n) is 2.50. The van der Waals surface area contributed by atoms with Crippen LogP contribution in [-0.2, 0) is 0 Å². The van der Waals surface area contributed by atoms with Crippen molar-refractivity contribution in [2.24, 2.45) is 0 Å². The van der Waals surface area contributed by atoms with Crippen LogP contribution < -0.4 is 4.74 Å². The Morgan fingerprint density at radius 2 is 1.62 bits per heavy atom. The molecule has 0 spiro atoms. The molecule has 84 valence electrons. The zero-order valence-corrected chi connectivity index (χ0v) is 11.2. The van der Waals surface area contributed by atoms with Crippen molar-refractivity contribution in [2.75, 3.05) is 0 Å². The average Bonchev–Trinajstić information content (AvgIpc) is 2.21. The highest BCUT2D eigenvalue weighted by Gasteiger charge is 2.12. The molecule has 0 unspecified atom stereocenters. The Bertz CT molecular complexity index is 468. The van der Waals surface area contributed by atoms with E-state index in [1.807, 2.05) is 0 Å². The molecule has 0 fully saturated rings. The smallest absolute Gasteiger partial charge is 0.223 e. The Balaban J connectivity index is 3.13. The molecule has 0 atom stereocenters. The van der Waals surface area contributed by atoms with E-state index in [9.17, 15) is 0 Å². The van der Waals surface area contributed by atoms with Gasteiger partial charge in [-0.25, -0.2) is 0 Å². The van der Waals surface area contributed by atoms with Crippen LogP contribution in [0.1, 0.15) is 0 Å². The van der Waals surface area contributed by atoms with E-state index < -0.39 is 0 Å². The minimum Gasteiger partial charge on any atom is -0.440 e. The Kier molecular flexibility index (Phi) is 5.04. The first-order valence-corrected chi connectivity index (χ1v) is 5.62. The quantitative estimate of drug-likeness (QED) is 0.555. The Hall–Kier alpha value is -0.300. The number of benzene rings is 1. The van der Waals surface area contributed by atoms with Crippen molar-refractivity contribution in [3.8, 4) is 11.8 Å². The molecule has 0 N–H and O–H groups in total. The van der Waals surface area contributed by atoms with Crippen molar-refractivity contribution in [3.63, 3.8) is 0 Å². The van der Waals surface area contributed by atoms with Crippen molar-refractivity contribution in [1.82, 2.24) is 0 Å². The summed E-state index contributed by atoms with van der Waals surface area (Å²) in [6.07, 6.45) is 0. The van der Waals surface area contributed by atoms with E-state index in [0.29, 0.717) is 5.02 Å². The fourth-order valence-corrected chi connectivity index (χ4v) is 1.86. The van der Waals surface area contributed by atoms with E-state index >= 15 is 0 Å². The van der Waals surface area contributed by atoms with E-state index in [1.54, 1.807) is 6.07 Å². The summed E-state index contributed by atoms with van der Waals surface area (Å²) in [4.78, 5) is 0. The lowest BCUT2D eigenvalue weighted by Crippen LogP contribution is -1.92. The van der Waals surface area contributed by atoms with Crippen LogP contribution in [0.15, 0.2) is 22.4 Å². The van der Waals surface area contributed by atoms with Crippen molar-refractivity contribution >= 4 is 58.0 Å². The van der Waals surface area contributed by atoms with Crippen molar-refractivity contribution in [1.29, 1.82) is 5.26 Å². The summed E-state index contributed by atoms with van der Waals surface area (Å²) in [5.41, 5.74) is 0. The summed E-state index contributed by atoms with van der Waals surface area (Å²) >= 11 is 28.4. The molecule has 0 bridgehead atoms. The molecule has 0 aliphatic rings. The van der Waals surface area contributed by atoms with Crippen LogP contribution in [0.2, 0.25) is 15.1 Å². The summed E-state index contributed by atoms with van der Waals surface area (Å²) < 4.78 is 5.05. The maximum Gasteiger partial charge on any atom is 0.223 e. The number of allylic oxidation sites excluding steroid dienone is 1. The van der Waals surface area contributed by atoms with E-state index in [4.69, 9.17) is 68.0 Å². The van der Waals surface area contributed by atoms with E-state index in [2.05, 4.69) is 0 Å². The lowest BCUT2D eigenvalue weighted by atomic mass is 10.3. The van der Waals surface area contributed by atoms with Crippen LogP contribution in [0.25, 0.3) is 0 Å². The fourth-order valence-electron chi connectivity index (χ4n) is 0.805. The molecule has 0 radical (unpaired) electrons. The molecule has 0 aliphatic heterocycles. The molecule has 1 aromatic rings. The third-order valence-corrected chi connectivity index (χ3v) is 2.82. The zero-order valence-electron chi connectivity index (χ0n) is 7.40. The number of ether oxygens (including phenoxy) is 1. The van der Waals surface area contributed by atoms with Crippen LogP contribution in [0.4, 0.5) is 0 Å². The highest BCUT2D eigenvalue weighted by atomic mass is 35.5. The molecule has 2 nitrogen and oxygen atoms in total. The molecular weight excluding hydrogens is 315 g/mol. The largest absolute Gasteiger partial charge is 0.440 e. The van der Waals surface area contributed by atoms with Gasteiger partial charge < -0.3 is 4.74 Å². The highest BCUT2D eigenvalue weighted by Crippen LogP contribution is 2.37. The minimum atomic E-state index is -0.310. The summed E-state index contributed by atoms with van der Waals surface area (Å²) in [5.74, 6) is 0.0890. The summed E-state index contributed by atoms with van der Waals surface area (Å²) in [6.45, 7) is 0. The number of rotatable bonds is 2. The topological polar surface area (TPSA) is 33.0 Å². The van der Waals surface area contributed by atoms with Gasteiger partial charge in [-0.2, -0.15) is 5.26 Å². The van der Waals surface area contributed by atoms with Crippen molar-refractivity contribution in [2.45, 2.75) is 0 Å². The molecule has 0 heterocycles. The Morgan fingerprint density at radius 3 is 2.06 bits per heavy atom. The lowest BCUT2D eigenvalue weighted by molar-refractivity contribution is 0.462. The Morgan fingerprint density at radius 1 is 1.12 bits per heavy atom. The molecule has 16 heavy (non-hydrogen) atoms. The number of nitriles is 1. The van der Waals surface area contributed by atoms with Gasteiger partial charge in [-0.1, -0.05) is 46.4 Å². The van der Waals surface area contributed by atoms with Gasteiger partial charge in [0.05, 0.1) is 10.0 Å². The van der Waals surface area contributed by atoms with Crippen LogP contribution in [0, 0.1) is 11.3 Å². The molecule has 0 aromatic heterocycles. The maximum absolute atomic E-state index is 8.47. The summed E-state index contributed by atoms with van der Waals surface area (Å²) in [6, 6.07) is 4.46. The number of hydrogen-bond acceptors (Lipinski definition) is 2. The molecule has 1 rings (SSSR count). The minimum absolute atomic E-state index is 0.0890. The Labute approximate surface area is 117 Å². The molecule has 7 heteroatoms. The molecule has 0 amide bonds. The van der Waals surface area contributed by atoms with E-state index in [1.165, 1.54) is 12.1 Å². The van der Waals surface area contributed by atoms with Gasteiger partial charge in [-0.3, -0.25) is 0 Å². The van der Waals surface area contributed by atoms with E-state index in [0.717, 1.165) is 0 Å². The van der Waals surface area contributed by atoms with Gasteiger partial charge >= 0.3 is 0 Å². The number of halogens is 5. The van der Waals surface area contributed by atoms with Crippen molar-refractivity contribution < 1.29 is 4.74 Å². The molecule has 0 aliphatic carbocycles. The second kappa shape index (κ2) is 5.86. The first-order valence-electron chi connectivity index (χ1n) is 3.73. The third-order valence-electron chi connectivity index (χ3n) is 1.43. The average molecular weight is 317 g/mol. The SMILES string of the molecule is N#CC(Cl)=C(Cl)Oc1c(Cl)cc(Cl)cc1Cl. The second-order valence-corrected chi connectivity index (χ2v) is 4.47. The van der Waals surface area contributed by atoms with Gasteiger partial charge in [-0.15, -0.1) is 0 Å². The standard InChI is InChI=1S/C9H2Cl5NO/c10-4-1-5(11)8(6(12)2-4)16-9(14)7(13)3-15/h1-2H. The van der Waals surface area contributed by atoms with Gasteiger partial charge in [0, 0.05) is 5.02 Å². The predicted molar refractivity (Wildman–Crippen MR) is 66.4 cm³/mol. The number of hydrogen-bond donors (Lipinski definition) is 0. The highest BCUT2D eigenvalue weighted by molar-refractivity contribution is 6.41. The normalized spacial score (nSPS) is 11.8. The third kappa shape index (κ3) is 3.35. The van der Waals surface area contributed by atoms with Crippen LogP contribution >= 0.6 is 58.0 Å². The van der Waals surface area contributed by atoms with E-state index in [-0.39, 0.29) is 26.0 Å². The van der Waals surface area contributed by atoms with Gasteiger partial charge in [0.2, 0.25) is 5.22 Å². The van der Waals surface area contributed by atoms with Gasteiger partial charge in [-0.05, 0) is 23.7 Å². The van der Waals surface area contributed by atoms with Crippen molar-refractivity contribution in [3.05, 3.63) is 37.5 Å². The fraction of sp³-hybridized carbons (Fsp3) is 0. The monoisotopic (exact) mass is 315 g/mol. The van der Waals surface area contributed by atoms with Crippen LogP contribution in [0.5, 0.6) is 5.75 Å². The van der Waals surface area contributed by atoms with Crippen LogP contribution in [0.3, 0.4) is 0 Å². The first kappa shape index (κ1) is 13.8. The first-order chi connectivity index (χ1) is 7.45. The van der Waals surface area contributed by atoms with Gasteiger partial charge in [0.25, 0.3) is 0 Å². The summed E-state index contributed by atoms with van der Waals surface area (Å²) in [7, 11) is 0. The molecule has 0 saturated carbocycles. The molecule has 1 aromatic carbocycles. The molecular formula is C9H2Cl5NO. The van der Waals surface area contributed by atoms with Gasteiger partial charge in [0.15, 0.2) is 10.8 Å².